The number of nitrogens with zero attached hydrogens (tertiary/aromatic N) is 2. The first-order chi connectivity index (χ1) is 12.1. The zero-order chi connectivity index (χ0) is 19.5. The number of ether oxygens (including phenoxy) is 3. The molecule has 1 aromatic heterocycles. The second kappa shape index (κ2) is 7.41. The van der Waals surface area contributed by atoms with E-state index in [-0.39, 0.29) is 28.5 Å². The molecular formula is C13H11ClF3N3O5S. The topological polar surface area (TPSA) is 99.6 Å². The van der Waals surface area contributed by atoms with Crippen molar-refractivity contribution in [3.8, 4) is 23.5 Å². The van der Waals surface area contributed by atoms with Crippen LogP contribution in [-0.2, 0) is 10.0 Å². The minimum Gasteiger partial charge on any atom is -0.481 e. The van der Waals surface area contributed by atoms with Crippen LogP contribution in [0.5, 0.6) is 23.5 Å². The van der Waals surface area contributed by atoms with Gasteiger partial charge in [-0.3, -0.25) is 4.72 Å². The van der Waals surface area contributed by atoms with Gasteiger partial charge in [0.15, 0.2) is 5.75 Å². The summed E-state index contributed by atoms with van der Waals surface area (Å²) in [6, 6.07) is 4.65. The highest BCUT2D eigenvalue weighted by Crippen LogP contribution is 2.38. The van der Waals surface area contributed by atoms with E-state index in [4.69, 9.17) is 25.8 Å². The summed E-state index contributed by atoms with van der Waals surface area (Å²) in [5.41, 5.74) is -6.17. The van der Waals surface area contributed by atoms with Crippen LogP contribution in [0.3, 0.4) is 0 Å². The number of aromatic nitrogens is 2. The van der Waals surface area contributed by atoms with Crippen LogP contribution in [0.2, 0.25) is 5.02 Å². The third-order valence-corrected chi connectivity index (χ3v) is 4.19. The first-order valence-electron chi connectivity index (χ1n) is 6.60. The lowest BCUT2D eigenvalue weighted by Gasteiger charge is -2.15. The molecule has 1 aromatic carbocycles. The maximum atomic E-state index is 12.6. The first kappa shape index (κ1) is 19.8. The molecule has 142 valence electrons. The summed E-state index contributed by atoms with van der Waals surface area (Å²) in [5.74, 6) is -0.266. The summed E-state index contributed by atoms with van der Waals surface area (Å²) in [4.78, 5) is 7.67. The van der Waals surface area contributed by atoms with E-state index in [1.165, 1.54) is 43.2 Å². The minimum atomic E-state index is -5.72. The summed E-state index contributed by atoms with van der Waals surface area (Å²) in [7, 11) is -3.09. The number of hydrogen-bond donors (Lipinski definition) is 1. The number of rotatable bonds is 6. The van der Waals surface area contributed by atoms with Gasteiger partial charge in [0.1, 0.15) is 5.69 Å². The molecule has 0 spiro atoms. The van der Waals surface area contributed by atoms with E-state index in [0.717, 1.165) is 0 Å². The molecule has 0 aliphatic rings. The highest BCUT2D eigenvalue weighted by molar-refractivity contribution is 7.93. The molecule has 0 amide bonds. The lowest BCUT2D eigenvalue weighted by atomic mass is 10.3. The number of benzene rings is 1. The molecule has 0 saturated heterocycles. The fraction of sp³-hybridized carbons (Fsp3) is 0.231. The number of sulfonamides is 1. The number of hydrogen-bond acceptors (Lipinski definition) is 7. The van der Waals surface area contributed by atoms with Crippen LogP contribution in [0.25, 0.3) is 0 Å². The molecule has 26 heavy (non-hydrogen) atoms. The van der Waals surface area contributed by atoms with Gasteiger partial charge < -0.3 is 14.2 Å². The molecule has 0 unspecified atom stereocenters. The molecular weight excluding hydrogens is 403 g/mol. The van der Waals surface area contributed by atoms with Gasteiger partial charge in [0.2, 0.25) is 11.8 Å². The normalized spacial score (nSPS) is 11.8. The largest absolute Gasteiger partial charge is 0.516 e. The zero-order valence-electron chi connectivity index (χ0n) is 13.2. The summed E-state index contributed by atoms with van der Waals surface area (Å²) in [5, 5.41) is -0.329. The Balaban J connectivity index is 2.45. The Hall–Kier alpha value is -2.47. The van der Waals surface area contributed by atoms with Crippen LogP contribution in [0.1, 0.15) is 0 Å². The highest BCUT2D eigenvalue weighted by atomic mass is 35.5. The average Bonchev–Trinajstić information content (AvgIpc) is 2.56. The van der Waals surface area contributed by atoms with E-state index in [2.05, 4.69) is 9.97 Å². The molecule has 0 bridgehead atoms. The van der Waals surface area contributed by atoms with Crippen molar-refractivity contribution >= 4 is 27.3 Å². The number of para-hydroxylation sites is 1. The standard InChI is InChI=1S/C13H11ClF3N3O5S/c1-23-9-6-10(24-2)19-12(18-9)25-8-5-3-4-7(14)11(8)20-26(21,22)13(15,16)17/h3-6,20H,1-2H3. The van der Waals surface area contributed by atoms with Gasteiger partial charge in [0.25, 0.3) is 0 Å². The maximum absolute atomic E-state index is 12.6. The average molecular weight is 414 g/mol. The number of alkyl halides is 3. The number of methoxy groups -OCH3 is 2. The van der Waals surface area contributed by atoms with E-state index in [1.807, 2.05) is 0 Å². The Kier molecular flexibility index (Phi) is 5.66. The van der Waals surface area contributed by atoms with E-state index in [0.29, 0.717) is 0 Å². The molecule has 1 heterocycles. The fourth-order valence-electron chi connectivity index (χ4n) is 1.62. The number of halogens is 4. The molecule has 0 aliphatic carbocycles. The monoisotopic (exact) mass is 413 g/mol. The number of anilines is 1. The molecule has 2 aromatic rings. The summed E-state index contributed by atoms with van der Waals surface area (Å²) < 4.78 is 77.0. The molecule has 2 rings (SSSR count). The molecule has 1 N–H and O–H groups in total. The molecule has 0 aliphatic heterocycles. The van der Waals surface area contributed by atoms with E-state index < -0.39 is 21.2 Å². The van der Waals surface area contributed by atoms with Gasteiger partial charge in [-0.05, 0) is 12.1 Å². The first-order valence-corrected chi connectivity index (χ1v) is 8.46. The van der Waals surface area contributed by atoms with Gasteiger partial charge >= 0.3 is 21.5 Å². The van der Waals surface area contributed by atoms with Crippen LogP contribution >= 0.6 is 11.6 Å². The van der Waals surface area contributed by atoms with Crippen molar-refractivity contribution in [3.05, 3.63) is 29.3 Å². The summed E-state index contributed by atoms with van der Waals surface area (Å²) in [6.07, 6.45) is 0. The smallest absolute Gasteiger partial charge is 0.481 e. The highest BCUT2D eigenvalue weighted by Gasteiger charge is 2.46. The van der Waals surface area contributed by atoms with Gasteiger partial charge in [-0.25, -0.2) is 0 Å². The van der Waals surface area contributed by atoms with Crippen molar-refractivity contribution in [2.45, 2.75) is 5.51 Å². The minimum absolute atomic E-state index is 0.0475. The Labute approximate surface area is 150 Å². The molecule has 0 fully saturated rings. The maximum Gasteiger partial charge on any atom is 0.516 e. The lowest BCUT2D eigenvalue weighted by molar-refractivity contribution is -0.0429. The number of nitrogens with one attached hydrogen (secondary N) is 1. The van der Waals surface area contributed by atoms with Crippen LogP contribution < -0.4 is 18.9 Å². The summed E-state index contributed by atoms with van der Waals surface area (Å²) >= 11 is 5.80. The Morgan fingerprint density at radius 2 is 1.69 bits per heavy atom. The van der Waals surface area contributed by atoms with E-state index >= 15 is 0 Å². The van der Waals surface area contributed by atoms with Crippen LogP contribution in [0.15, 0.2) is 24.3 Å². The van der Waals surface area contributed by atoms with Gasteiger partial charge in [-0.2, -0.15) is 31.6 Å². The van der Waals surface area contributed by atoms with Crippen molar-refractivity contribution < 1.29 is 35.8 Å². The SMILES string of the molecule is COc1cc(OC)nc(Oc2cccc(Cl)c2NS(=O)(=O)C(F)(F)F)n1. The van der Waals surface area contributed by atoms with Crippen molar-refractivity contribution in [2.75, 3.05) is 18.9 Å². The Morgan fingerprint density at radius 1 is 1.12 bits per heavy atom. The molecule has 0 radical (unpaired) electrons. The quantitative estimate of drug-likeness (QED) is 0.776. The second-order valence-corrected chi connectivity index (χ2v) is 6.58. The third kappa shape index (κ3) is 4.38. The predicted molar refractivity (Wildman–Crippen MR) is 85.3 cm³/mol. The molecule has 0 atom stereocenters. The van der Waals surface area contributed by atoms with Gasteiger partial charge in [0, 0.05) is 0 Å². The van der Waals surface area contributed by atoms with E-state index in [1.54, 1.807) is 0 Å². The van der Waals surface area contributed by atoms with Crippen LogP contribution in [-0.4, -0.2) is 38.1 Å². The second-order valence-electron chi connectivity index (χ2n) is 4.50. The predicted octanol–water partition coefficient (Wildman–Crippen LogP) is 3.20. The van der Waals surface area contributed by atoms with Crippen molar-refractivity contribution in [3.63, 3.8) is 0 Å². The molecule has 13 heteroatoms. The molecule has 0 saturated carbocycles. The van der Waals surface area contributed by atoms with Crippen molar-refractivity contribution in [2.24, 2.45) is 0 Å². The van der Waals surface area contributed by atoms with Gasteiger partial charge in [-0.15, -0.1) is 0 Å². The fourth-order valence-corrected chi connectivity index (χ4v) is 2.48. The third-order valence-electron chi connectivity index (χ3n) is 2.79. The Bertz CT molecular complexity index is 886. The van der Waals surface area contributed by atoms with Gasteiger partial charge in [0.05, 0.1) is 25.3 Å². The van der Waals surface area contributed by atoms with E-state index in [9.17, 15) is 21.6 Å². The lowest BCUT2D eigenvalue weighted by Crippen LogP contribution is -2.30. The van der Waals surface area contributed by atoms with Crippen LogP contribution in [0.4, 0.5) is 18.9 Å². The summed E-state index contributed by atoms with van der Waals surface area (Å²) in [6.45, 7) is 0. The molecule has 8 nitrogen and oxygen atoms in total. The van der Waals surface area contributed by atoms with Gasteiger partial charge in [-0.1, -0.05) is 17.7 Å². The Morgan fingerprint density at radius 3 is 2.19 bits per heavy atom. The van der Waals surface area contributed by atoms with Crippen molar-refractivity contribution in [1.29, 1.82) is 0 Å². The zero-order valence-corrected chi connectivity index (χ0v) is 14.7. The van der Waals surface area contributed by atoms with Crippen LogP contribution in [0, 0.1) is 0 Å². The van der Waals surface area contributed by atoms with Crippen molar-refractivity contribution in [1.82, 2.24) is 9.97 Å².